The van der Waals surface area contributed by atoms with Crippen molar-refractivity contribution in [1.29, 1.82) is 0 Å². The number of hydrogen-bond acceptors (Lipinski definition) is 14. The number of thiazole rings is 1. The molecule has 1 aliphatic carbocycles. The van der Waals surface area contributed by atoms with E-state index in [1.807, 2.05) is 30.0 Å². The number of cyclic esters (lactones) is 1. The van der Waals surface area contributed by atoms with Gasteiger partial charge in [0.2, 0.25) is 11.6 Å². The third-order valence-corrected chi connectivity index (χ3v) is 15.3. The zero-order chi connectivity index (χ0) is 54.4. The Balaban J connectivity index is 1.14. The Morgan fingerprint density at radius 1 is 1.08 bits per heavy atom. The second-order valence-electron chi connectivity index (χ2n) is 21.5. The van der Waals surface area contributed by atoms with Crippen molar-refractivity contribution in [2.75, 3.05) is 81.7 Å². The molecule has 23 heteroatoms. The molecule has 4 aromatic rings. The fourth-order valence-corrected chi connectivity index (χ4v) is 11.3. The lowest BCUT2D eigenvalue weighted by Gasteiger charge is -2.44. The van der Waals surface area contributed by atoms with Gasteiger partial charge in [-0.15, -0.1) is 11.3 Å². The van der Waals surface area contributed by atoms with Gasteiger partial charge in [-0.2, -0.15) is 18.6 Å². The molecule has 3 N–H and O–H groups in total. The molecule has 8 rings (SSSR count). The number of carbonyl (C=O) groups is 5. The van der Waals surface area contributed by atoms with Crippen LogP contribution in [0.25, 0.3) is 33.4 Å². The van der Waals surface area contributed by atoms with Crippen molar-refractivity contribution in [1.82, 2.24) is 54.8 Å². The number of benzene rings is 1. The Morgan fingerprint density at radius 3 is 2.51 bits per heavy atom. The Labute approximate surface area is 438 Å². The van der Waals surface area contributed by atoms with Crippen LogP contribution in [-0.2, 0) is 48.0 Å². The van der Waals surface area contributed by atoms with E-state index >= 15 is 0 Å². The molecule has 0 unspecified atom stereocenters. The molecule has 19 nitrogen and oxygen atoms in total. The molecule has 4 atom stereocenters. The summed E-state index contributed by atoms with van der Waals surface area (Å²) >= 11 is 1.21. The van der Waals surface area contributed by atoms with Gasteiger partial charge in [-0.05, 0) is 90.6 Å². The Morgan fingerprint density at radius 2 is 1.83 bits per heavy atom. The molecule has 3 aliphatic heterocycles. The van der Waals surface area contributed by atoms with Gasteiger partial charge in [0.1, 0.15) is 12.6 Å². The lowest BCUT2D eigenvalue weighted by atomic mass is 9.84. The van der Waals surface area contributed by atoms with E-state index in [1.165, 1.54) is 35.0 Å². The summed E-state index contributed by atoms with van der Waals surface area (Å²) in [5.41, 5.74) is 1.87. The summed E-state index contributed by atoms with van der Waals surface area (Å²) in [5, 5.41) is 18.5. The number of nitrogens with one attached hydrogen (secondary N) is 2. The van der Waals surface area contributed by atoms with Crippen LogP contribution in [0, 0.1) is 5.41 Å². The third-order valence-electron chi connectivity index (χ3n) is 14.4. The fraction of sp³-hybridized carbons (Fsp3) is 0.558. The highest BCUT2D eigenvalue weighted by atomic mass is 32.1. The lowest BCUT2D eigenvalue weighted by Crippen LogP contribution is -2.68. The molecule has 0 radical (unpaired) electrons. The highest BCUT2D eigenvalue weighted by molar-refractivity contribution is 7.10. The molecule has 3 fully saturated rings. The summed E-state index contributed by atoms with van der Waals surface area (Å²) in [4.78, 5) is 88.8. The molecule has 75 heavy (non-hydrogen) atoms. The number of amides is 5. The zero-order valence-electron chi connectivity index (χ0n) is 44.0. The number of urea groups is 1. The van der Waals surface area contributed by atoms with Crippen molar-refractivity contribution in [3.05, 3.63) is 70.3 Å². The van der Waals surface area contributed by atoms with Gasteiger partial charge in [-0.3, -0.25) is 29.3 Å². The second kappa shape index (κ2) is 21.6. The number of hydrogen-bond donors (Lipinski definition) is 3. The molecular formula is C52H68F3N11O8S. The minimum Gasteiger partial charge on any atom is -0.462 e. The SMILES string of the molecule is CO[C@@H](C)c1ncccc1-c1c2c3cc(ccc3n1CC(F)(F)F)-c1csc(n1)C[C@H](NC(=O)[C@H](N(C)C)N(C)C(=O)N1CCN(C(=O)/C=C/CN(C)C)C3(CC3)C1)C(=O)N1CCC[C@@](O)(N1)C(=O)OCC(C)(C)C2. The molecule has 406 valence electrons. The second-order valence-corrected chi connectivity index (χ2v) is 22.4. The van der Waals surface area contributed by atoms with Crippen molar-refractivity contribution < 1.29 is 51.7 Å². The largest absolute Gasteiger partial charge is 0.462 e. The van der Waals surface area contributed by atoms with Gasteiger partial charge < -0.3 is 44.1 Å². The van der Waals surface area contributed by atoms with Gasteiger partial charge in [-0.25, -0.2) is 14.6 Å². The summed E-state index contributed by atoms with van der Waals surface area (Å²) in [7, 11) is 10.1. The number of likely N-dealkylation sites (N-methyl/N-ethyl adjacent to an activating group) is 3. The van der Waals surface area contributed by atoms with E-state index in [1.54, 1.807) is 92.7 Å². The number of nitrogens with zero attached hydrogens (tertiary/aromatic N) is 9. The van der Waals surface area contributed by atoms with E-state index in [4.69, 9.17) is 14.5 Å². The van der Waals surface area contributed by atoms with Crippen molar-refractivity contribution in [3.8, 4) is 22.5 Å². The number of aliphatic hydroxyl groups is 1. The number of piperazine rings is 1. The fourth-order valence-electron chi connectivity index (χ4n) is 10.5. The molecule has 6 heterocycles. The summed E-state index contributed by atoms with van der Waals surface area (Å²) in [6.07, 6.45) is -0.0666. The Kier molecular flexibility index (Phi) is 15.9. The number of aromatic nitrogens is 3. The van der Waals surface area contributed by atoms with E-state index in [9.17, 15) is 42.3 Å². The van der Waals surface area contributed by atoms with E-state index in [2.05, 4.69) is 15.7 Å². The predicted molar refractivity (Wildman–Crippen MR) is 274 cm³/mol. The minimum atomic E-state index is -4.63. The molecule has 5 amide bonds. The predicted octanol–water partition coefficient (Wildman–Crippen LogP) is 4.80. The van der Waals surface area contributed by atoms with E-state index < -0.39 is 71.5 Å². The minimum absolute atomic E-state index is 0.0467. The first-order valence-electron chi connectivity index (χ1n) is 25.1. The van der Waals surface area contributed by atoms with Gasteiger partial charge in [0, 0.05) is 105 Å². The molecule has 1 aromatic carbocycles. The number of alkyl halides is 3. The van der Waals surface area contributed by atoms with Crippen LogP contribution in [0.1, 0.15) is 68.8 Å². The highest BCUT2D eigenvalue weighted by Crippen LogP contribution is 2.45. The lowest BCUT2D eigenvalue weighted by molar-refractivity contribution is -0.189. The average molecular weight is 1060 g/mol. The van der Waals surface area contributed by atoms with Crippen molar-refractivity contribution in [2.45, 2.75) is 102 Å². The van der Waals surface area contributed by atoms with Gasteiger partial charge in [0.05, 0.1) is 40.3 Å². The van der Waals surface area contributed by atoms with Gasteiger partial charge in [0.25, 0.3) is 11.8 Å². The van der Waals surface area contributed by atoms with Crippen molar-refractivity contribution >= 4 is 52.0 Å². The summed E-state index contributed by atoms with van der Waals surface area (Å²) < 4.78 is 56.9. The number of hydrazine groups is 1. The van der Waals surface area contributed by atoms with Gasteiger partial charge in [0.15, 0.2) is 6.17 Å². The Bertz CT molecular complexity index is 2850. The molecule has 6 bridgehead atoms. The molecule has 3 aromatic heterocycles. The normalized spacial score (nSPS) is 21.9. The zero-order valence-corrected chi connectivity index (χ0v) is 44.8. The first-order valence-corrected chi connectivity index (χ1v) is 26.0. The van der Waals surface area contributed by atoms with Crippen molar-refractivity contribution in [2.24, 2.45) is 5.41 Å². The standard InChI is InChI=1S/C52H68F3N11O8S/c1-32(73-9)42-34(13-10-20-56-42)43-36-27-49(2,3)31-74-47(70)51(72)17-12-22-66(59-51)46(69)37(26-40-57-38(28-75-40)33-15-16-39(35(36)25-33)64(43)30-52(53,54)55)58-44(68)45(61(6)7)62(8)48(71)63-23-24-65(50(29-63)18-19-50)41(67)14-11-21-60(4)5/h10-11,13-16,20,25,28,32,37,45,59,72H,12,17-19,21-24,26-27,29-31H2,1-9H3,(H,58,68)/b14-11+/t32-,37-,45+,51-/m0/s1. The van der Waals surface area contributed by atoms with E-state index in [0.29, 0.717) is 57.1 Å². The van der Waals surface area contributed by atoms with Crippen LogP contribution >= 0.6 is 11.3 Å². The number of halogens is 3. The quantitative estimate of drug-likeness (QED) is 0.105. The summed E-state index contributed by atoms with van der Waals surface area (Å²) in [5.74, 6) is -2.58. The maximum absolute atomic E-state index is 14.8. The Hall–Kier alpha value is -5.98. The van der Waals surface area contributed by atoms with Crippen LogP contribution in [0.15, 0.2) is 54.1 Å². The molecule has 1 saturated carbocycles. The van der Waals surface area contributed by atoms with Crippen LogP contribution in [-0.4, -0.2) is 190 Å². The third kappa shape index (κ3) is 11.9. The number of methoxy groups -OCH3 is 1. The number of fused-ring (bicyclic) bond motifs is 6. The number of ether oxygens (including phenoxy) is 2. The number of carbonyl (C=O) groups excluding carboxylic acids is 5. The number of rotatable bonds is 11. The molecule has 2 saturated heterocycles. The highest BCUT2D eigenvalue weighted by Gasteiger charge is 2.54. The van der Waals surface area contributed by atoms with Gasteiger partial charge in [-0.1, -0.05) is 26.0 Å². The van der Waals surface area contributed by atoms with Crippen LogP contribution in [0.3, 0.4) is 0 Å². The van der Waals surface area contributed by atoms with Crippen LogP contribution in [0.5, 0.6) is 0 Å². The van der Waals surface area contributed by atoms with E-state index in [0.717, 1.165) is 17.9 Å². The topological polar surface area (TPSA) is 198 Å². The van der Waals surface area contributed by atoms with Crippen LogP contribution in [0.4, 0.5) is 18.0 Å². The summed E-state index contributed by atoms with van der Waals surface area (Å²) in [6, 6.07) is 6.68. The van der Waals surface area contributed by atoms with Gasteiger partial charge >= 0.3 is 18.2 Å². The van der Waals surface area contributed by atoms with Crippen LogP contribution < -0.4 is 10.7 Å². The monoisotopic (exact) mass is 1060 g/mol. The smallest absolute Gasteiger partial charge is 0.406 e. The van der Waals surface area contributed by atoms with E-state index in [-0.39, 0.29) is 63.5 Å². The van der Waals surface area contributed by atoms with Crippen molar-refractivity contribution in [3.63, 3.8) is 0 Å². The molecule has 1 spiro atoms. The number of pyridine rings is 1. The first-order chi connectivity index (χ1) is 35.3. The summed E-state index contributed by atoms with van der Waals surface area (Å²) in [6.45, 7) is 5.27. The maximum Gasteiger partial charge on any atom is 0.406 e. The molecule has 4 aliphatic rings. The molecular weight excluding hydrogens is 996 g/mol. The van der Waals surface area contributed by atoms with Crippen LogP contribution in [0.2, 0.25) is 0 Å². The number of esters is 1. The average Bonchev–Trinajstić information content (AvgIpc) is 3.84. The first kappa shape index (κ1) is 55.3. The maximum atomic E-state index is 14.8.